The second kappa shape index (κ2) is 9.02. The van der Waals surface area contributed by atoms with Crippen molar-refractivity contribution in [3.63, 3.8) is 0 Å². The van der Waals surface area contributed by atoms with Crippen LogP contribution >= 0.6 is 0 Å². The van der Waals surface area contributed by atoms with Gasteiger partial charge in [-0.1, -0.05) is 12.7 Å². The maximum atomic E-state index is 12.9. The van der Waals surface area contributed by atoms with Crippen molar-refractivity contribution in [2.75, 3.05) is 0 Å². The van der Waals surface area contributed by atoms with Gasteiger partial charge in [-0.2, -0.15) is 0 Å². The number of aromatic amines is 2. The minimum Gasteiger partial charge on any atom is -0.478 e. The van der Waals surface area contributed by atoms with E-state index in [9.17, 15) is 19.2 Å². The molecule has 4 aromatic rings. The fourth-order valence-corrected chi connectivity index (χ4v) is 3.53. The lowest BCUT2D eigenvalue weighted by molar-refractivity contribution is 0.0686. The third-order valence-electron chi connectivity index (χ3n) is 5.39. The van der Waals surface area contributed by atoms with E-state index in [-0.39, 0.29) is 27.5 Å². The standard InChI is InChI=1S/C25H20N4O6/c1-14-20(22(30)28(26-14)18-10-6-16(7-11-18)24(32)33)4-3-5-21-15(2)27-29(23(21)31)19-12-8-17(9-13-19)25(34)35/h3-13,26-27H,1H2,2H3,(H,32,33)(H,34,35)/b5-3+,20-4+. The van der Waals surface area contributed by atoms with Crippen molar-refractivity contribution in [1.29, 1.82) is 0 Å². The first-order valence-electron chi connectivity index (χ1n) is 10.3. The van der Waals surface area contributed by atoms with Crippen LogP contribution in [0.1, 0.15) is 32.0 Å². The van der Waals surface area contributed by atoms with Crippen LogP contribution in [-0.2, 0) is 0 Å². The number of rotatable bonds is 6. The summed E-state index contributed by atoms with van der Waals surface area (Å²) in [6.07, 6.45) is 4.65. The highest BCUT2D eigenvalue weighted by atomic mass is 16.4. The van der Waals surface area contributed by atoms with Gasteiger partial charge in [-0.25, -0.2) is 19.0 Å². The van der Waals surface area contributed by atoms with Gasteiger partial charge in [-0.3, -0.25) is 19.8 Å². The zero-order valence-corrected chi connectivity index (χ0v) is 18.5. The molecule has 0 aliphatic heterocycles. The van der Waals surface area contributed by atoms with Crippen LogP contribution in [0.5, 0.6) is 0 Å². The van der Waals surface area contributed by atoms with Gasteiger partial charge >= 0.3 is 11.9 Å². The topological polar surface area (TPSA) is 150 Å². The van der Waals surface area contributed by atoms with E-state index in [1.54, 1.807) is 19.1 Å². The lowest BCUT2D eigenvalue weighted by Crippen LogP contribution is -2.33. The fraction of sp³-hybridized carbons (Fsp3) is 0.0400. The van der Waals surface area contributed by atoms with Crippen molar-refractivity contribution in [2.24, 2.45) is 0 Å². The van der Waals surface area contributed by atoms with Gasteiger partial charge in [-0.15, -0.1) is 0 Å². The lowest BCUT2D eigenvalue weighted by Gasteiger charge is -2.01. The third kappa shape index (κ3) is 4.40. The van der Waals surface area contributed by atoms with Crippen molar-refractivity contribution in [1.82, 2.24) is 19.6 Å². The van der Waals surface area contributed by atoms with Crippen molar-refractivity contribution in [3.8, 4) is 11.4 Å². The molecule has 4 N–H and O–H groups in total. The first-order valence-corrected chi connectivity index (χ1v) is 10.3. The van der Waals surface area contributed by atoms with E-state index < -0.39 is 11.9 Å². The van der Waals surface area contributed by atoms with Gasteiger partial charge < -0.3 is 10.2 Å². The lowest BCUT2D eigenvalue weighted by atomic mass is 10.2. The summed E-state index contributed by atoms with van der Waals surface area (Å²) in [5, 5.41) is 24.5. The Morgan fingerprint density at radius 3 is 1.80 bits per heavy atom. The Morgan fingerprint density at radius 2 is 1.31 bits per heavy atom. The molecular formula is C25H20N4O6. The van der Waals surface area contributed by atoms with Crippen LogP contribution in [0.15, 0.2) is 64.2 Å². The number of aromatic nitrogens is 4. The maximum absolute atomic E-state index is 12.9. The highest BCUT2D eigenvalue weighted by Crippen LogP contribution is 2.10. The summed E-state index contributed by atoms with van der Waals surface area (Å²) < 4.78 is 2.56. The quantitative estimate of drug-likeness (QED) is 0.332. The van der Waals surface area contributed by atoms with Gasteiger partial charge in [0.25, 0.3) is 11.1 Å². The molecule has 176 valence electrons. The Labute approximate surface area is 197 Å². The van der Waals surface area contributed by atoms with Gasteiger partial charge in [0.15, 0.2) is 0 Å². The Morgan fingerprint density at radius 1 is 0.829 bits per heavy atom. The van der Waals surface area contributed by atoms with Crippen LogP contribution < -0.4 is 21.7 Å². The molecule has 2 aromatic heterocycles. The van der Waals surface area contributed by atoms with E-state index in [0.29, 0.717) is 28.0 Å². The molecule has 0 aliphatic carbocycles. The summed E-state index contributed by atoms with van der Waals surface area (Å²) in [7, 11) is 0. The second-order valence-electron chi connectivity index (χ2n) is 7.67. The largest absolute Gasteiger partial charge is 0.478 e. The molecule has 0 bridgehead atoms. The summed E-state index contributed by atoms with van der Waals surface area (Å²) in [4.78, 5) is 47.8. The number of aromatic carboxylic acids is 2. The van der Waals surface area contributed by atoms with Crippen LogP contribution in [0.3, 0.4) is 0 Å². The number of benzene rings is 2. The van der Waals surface area contributed by atoms with Crippen molar-refractivity contribution in [3.05, 3.63) is 108 Å². The Hall–Kier alpha value is -5.12. The molecule has 0 unspecified atom stereocenters. The van der Waals surface area contributed by atoms with Crippen LogP contribution in [0.2, 0.25) is 0 Å². The highest BCUT2D eigenvalue weighted by Gasteiger charge is 2.11. The van der Waals surface area contributed by atoms with Crippen molar-refractivity contribution >= 4 is 30.7 Å². The summed E-state index contributed by atoms with van der Waals surface area (Å²) >= 11 is 0. The van der Waals surface area contributed by atoms with Gasteiger partial charge in [-0.05, 0) is 67.6 Å². The number of nitrogens with one attached hydrogen (secondary N) is 2. The van der Waals surface area contributed by atoms with Crippen molar-refractivity contribution in [2.45, 2.75) is 6.92 Å². The SMILES string of the molecule is C=c1[nH]n(-c2ccc(C(=O)O)cc2)c(=O)/c1=C/C=C/c1c(C)[nH]n(-c2ccc(C(=O)O)cc2)c1=O. The molecule has 10 nitrogen and oxygen atoms in total. The first-order chi connectivity index (χ1) is 16.7. The zero-order valence-electron chi connectivity index (χ0n) is 18.5. The normalized spacial score (nSPS) is 11.9. The second-order valence-corrected chi connectivity index (χ2v) is 7.67. The summed E-state index contributed by atoms with van der Waals surface area (Å²) in [6, 6.07) is 11.7. The molecule has 4 rings (SSSR count). The Balaban J connectivity index is 1.66. The molecule has 0 spiro atoms. The molecule has 10 heteroatoms. The number of H-pyrrole nitrogens is 2. The Bertz CT molecular complexity index is 1700. The maximum Gasteiger partial charge on any atom is 0.335 e. The predicted octanol–water partition coefficient (Wildman–Crippen LogP) is 1.25. The molecule has 2 aromatic carbocycles. The molecule has 35 heavy (non-hydrogen) atoms. The van der Waals surface area contributed by atoms with Gasteiger partial charge in [0.2, 0.25) is 0 Å². The summed E-state index contributed by atoms with van der Waals surface area (Å²) in [5.74, 6) is -2.12. The van der Waals surface area contributed by atoms with E-state index >= 15 is 0 Å². The van der Waals surface area contributed by atoms with Crippen LogP contribution in [0, 0.1) is 6.92 Å². The first kappa shape index (κ1) is 23.1. The molecule has 0 radical (unpaired) electrons. The predicted molar refractivity (Wildman–Crippen MR) is 130 cm³/mol. The van der Waals surface area contributed by atoms with Crippen LogP contribution in [0.4, 0.5) is 0 Å². The monoisotopic (exact) mass is 472 g/mol. The number of aryl methyl sites for hydroxylation is 1. The average molecular weight is 472 g/mol. The van der Waals surface area contributed by atoms with Gasteiger partial charge in [0, 0.05) is 5.69 Å². The minimum absolute atomic E-state index is 0.100. The Kier molecular flexibility index (Phi) is 5.94. The molecule has 0 atom stereocenters. The number of nitrogens with zero attached hydrogens (tertiary/aromatic N) is 2. The summed E-state index contributed by atoms with van der Waals surface area (Å²) in [5.41, 5.74) is 1.37. The highest BCUT2D eigenvalue weighted by molar-refractivity contribution is 5.88. The number of carboxylic acid groups (broad SMARTS) is 2. The molecule has 0 fully saturated rings. The molecule has 0 saturated heterocycles. The van der Waals surface area contributed by atoms with E-state index in [2.05, 4.69) is 16.8 Å². The minimum atomic E-state index is -1.07. The molecule has 2 heterocycles. The van der Waals surface area contributed by atoms with Gasteiger partial charge in [0.1, 0.15) is 0 Å². The molecular weight excluding hydrogens is 452 g/mol. The van der Waals surface area contributed by atoms with E-state index in [0.717, 1.165) is 0 Å². The van der Waals surface area contributed by atoms with E-state index in [1.807, 2.05) is 0 Å². The van der Waals surface area contributed by atoms with Crippen LogP contribution in [-0.4, -0.2) is 41.7 Å². The molecule has 0 aliphatic rings. The van der Waals surface area contributed by atoms with E-state index in [1.165, 1.54) is 64.0 Å². The number of hydrogen-bond acceptors (Lipinski definition) is 4. The fourth-order valence-electron chi connectivity index (χ4n) is 3.53. The smallest absolute Gasteiger partial charge is 0.335 e. The number of hydrogen-bond donors (Lipinski definition) is 4. The zero-order chi connectivity index (χ0) is 25.3. The third-order valence-corrected chi connectivity index (χ3v) is 5.39. The summed E-state index contributed by atoms with van der Waals surface area (Å²) in [6.45, 7) is 5.57. The average Bonchev–Trinajstić information content (AvgIpc) is 3.28. The number of carbonyl (C=O) groups is 2. The van der Waals surface area contributed by atoms with Gasteiger partial charge in [0.05, 0.1) is 38.6 Å². The van der Waals surface area contributed by atoms with Crippen LogP contribution in [0.25, 0.3) is 30.1 Å². The number of allylic oxidation sites excluding steroid dienone is 1. The molecule has 0 saturated carbocycles. The van der Waals surface area contributed by atoms with E-state index in [4.69, 9.17) is 10.2 Å². The number of carboxylic acids is 2. The van der Waals surface area contributed by atoms with Crippen molar-refractivity contribution < 1.29 is 19.8 Å². The molecule has 0 amide bonds.